The molecule has 3 atom stereocenters. The van der Waals surface area contributed by atoms with E-state index in [1.54, 1.807) is 19.0 Å². The van der Waals surface area contributed by atoms with Crippen LogP contribution in [0.15, 0.2) is 18.2 Å². The van der Waals surface area contributed by atoms with E-state index in [9.17, 15) is 4.79 Å². The monoisotopic (exact) mass is 289 g/mol. The third kappa shape index (κ3) is 3.14. The second kappa shape index (κ2) is 5.96. The first kappa shape index (κ1) is 15.7. The van der Waals surface area contributed by atoms with Crippen LogP contribution in [0.2, 0.25) is 0 Å². The molecular formula is C17H27N3O. The first-order chi connectivity index (χ1) is 9.81. The average Bonchev–Trinajstić information content (AvgIpc) is 2.42. The Bertz CT molecular complexity index is 527. The topological polar surface area (TPSA) is 49.6 Å². The van der Waals surface area contributed by atoms with Crippen molar-refractivity contribution in [2.75, 3.05) is 31.3 Å². The molecule has 1 aromatic carbocycles. The van der Waals surface area contributed by atoms with E-state index in [0.717, 1.165) is 17.9 Å². The maximum Gasteiger partial charge on any atom is 0.253 e. The summed E-state index contributed by atoms with van der Waals surface area (Å²) in [5.74, 6) is 1.28. The predicted octanol–water partition coefficient (Wildman–Crippen LogP) is 2.84. The molecule has 1 heterocycles. The molecule has 0 spiro atoms. The molecule has 0 saturated carbocycles. The zero-order chi connectivity index (χ0) is 15.7. The Morgan fingerprint density at radius 1 is 1.29 bits per heavy atom. The summed E-state index contributed by atoms with van der Waals surface area (Å²) < 4.78 is 0. The highest BCUT2D eigenvalue weighted by atomic mass is 16.2. The fourth-order valence-corrected chi connectivity index (χ4v) is 3.22. The van der Waals surface area contributed by atoms with E-state index >= 15 is 0 Å². The molecule has 2 rings (SSSR count). The number of hydrogen-bond donors (Lipinski definition) is 1. The average molecular weight is 289 g/mol. The number of carbonyl (C=O) groups is 1. The number of piperidine rings is 1. The van der Waals surface area contributed by atoms with E-state index in [4.69, 9.17) is 5.73 Å². The van der Waals surface area contributed by atoms with Crippen LogP contribution in [-0.4, -0.2) is 37.5 Å². The van der Waals surface area contributed by atoms with Crippen molar-refractivity contribution >= 4 is 17.3 Å². The number of amides is 1. The van der Waals surface area contributed by atoms with Crippen LogP contribution in [0.4, 0.5) is 11.4 Å². The number of carbonyl (C=O) groups excluding carboxylic acids is 1. The van der Waals surface area contributed by atoms with E-state index in [1.165, 1.54) is 6.42 Å². The molecule has 2 N–H and O–H groups in total. The van der Waals surface area contributed by atoms with E-state index in [0.29, 0.717) is 23.4 Å². The van der Waals surface area contributed by atoms with Crippen LogP contribution in [0, 0.1) is 11.8 Å². The molecule has 0 radical (unpaired) electrons. The van der Waals surface area contributed by atoms with Gasteiger partial charge in [0.15, 0.2) is 0 Å². The van der Waals surface area contributed by atoms with Gasteiger partial charge in [-0.3, -0.25) is 4.79 Å². The van der Waals surface area contributed by atoms with E-state index in [1.807, 2.05) is 18.2 Å². The highest BCUT2D eigenvalue weighted by molar-refractivity contribution is 5.96. The van der Waals surface area contributed by atoms with Crippen molar-refractivity contribution in [1.82, 2.24) is 4.90 Å². The summed E-state index contributed by atoms with van der Waals surface area (Å²) >= 11 is 0. The predicted molar refractivity (Wildman–Crippen MR) is 88.6 cm³/mol. The minimum Gasteiger partial charge on any atom is -0.397 e. The van der Waals surface area contributed by atoms with Crippen molar-refractivity contribution in [2.24, 2.45) is 11.8 Å². The molecule has 0 bridgehead atoms. The third-order valence-electron chi connectivity index (χ3n) is 4.59. The van der Waals surface area contributed by atoms with Gasteiger partial charge >= 0.3 is 0 Å². The summed E-state index contributed by atoms with van der Waals surface area (Å²) in [7, 11) is 3.54. The molecular weight excluding hydrogens is 262 g/mol. The molecule has 0 aliphatic carbocycles. The van der Waals surface area contributed by atoms with Gasteiger partial charge in [0.05, 0.1) is 11.4 Å². The Morgan fingerprint density at radius 2 is 1.95 bits per heavy atom. The molecule has 1 amide bonds. The number of nitrogens with zero attached hydrogens (tertiary/aromatic N) is 2. The van der Waals surface area contributed by atoms with Gasteiger partial charge in [-0.2, -0.15) is 0 Å². The Kier molecular flexibility index (Phi) is 4.45. The van der Waals surface area contributed by atoms with Gasteiger partial charge in [-0.1, -0.05) is 13.8 Å². The Balaban J connectivity index is 2.38. The second-order valence-corrected chi connectivity index (χ2v) is 6.68. The van der Waals surface area contributed by atoms with Crippen LogP contribution in [0.25, 0.3) is 0 Å². The Labute approximate surface area is 127 Å². The summed E-state index contributed by atoms with van der Waals surface area (Å²) in [6, 6.07) is 6.04. The smallest absolute Gasteiger partial charge is 0.253 e. The molecule has 4 heteroatoms. The number of anilines is 2. The highest BCUT2D eigenvalue weighted by Crippen LogP contribution is 2.35. The molecule has 1 aromatic rings. The third-order valence-corrected chi connectivity index (χ3v) is 4.59. The van der Waals surface area contributed by atoms with Gasteiger partial charge in [0.25, 0.3) is 5.91 Å². The molecule has 1 saturated heterocycles. The van der Waals surface area contributed by atoms with Crippen molar-refractivity contribution in [3.63, 3.8) is 0 Å². The van der Waals surface area contributed by atoms with Crippen LogP contribution in [0.1, 0.15) is 37.6 Å². The van der Waals surface area contributed by atoms with Crippen molar-refractivity contribution < 1.29 is 4.79 Å². The van der Waals surface area contributed by atoms with E-state index in [2.05, 4.69) is 25.7 Å². The maximum atomic E-state index is 12.2. The largest absolute Gasteiger partial charge is 0.397 e. The number of benzene rings is 1. The van der Waals surface area contributed by atoms with Crippen LogP contribution < -0.4 is 10.6 Å². The zero-order valence-corrected chi connectivity index (χ0v) is 13.8. The number of nitrogens with two attached hydrogens (primary N) is 1. The lowest BCUT2D eigenvalue weighted by Crippen LogP contribution is -2.46. The molecule has 1 aliphatic heterocycles. The van der Waals surface area contributed by atoms with Crippen LogP contribution in [-0.2, 0) is 0 Å². The van der Waals surface area contributed by atoms with Crippen LogP contribution in [0.3, 0.4) is 0 Å². The molecule has 1 fully saturated rings. The molecule has 21 heavy (non-hydrogen) atoms. The first-order valence-electron chi connectivity index (χ1n) is 7.69. The summed E-state index contributed by atoms with van der Waals surface area (Å²) in [6.45, 7) is 7.81. The Hall–Kier alpha value is -1.71. The molecule has 116 valence electrons. The molecule has 3 unspecified atom stereocenters. The quantitative estimate of drug-likeness (QED) is 0.852. The maximum absolute atomic E-state index is 12.2. The van der Waals surface area contributed by atoms with Crippen molar-refractivity contribution in [2.45, 2.75) is 33.2 Å². The molecule has 4 nitrogen and oxygen atoms in total. The Morgan fingerprint density at radius 3 is 2.57 bits per heavy atom. The lowest BCUT2D eigenvalue weighted by atomic mass is 9.85. The van der Waals surface area contributed by atoms with Crippen molar-refractivity contribution in [3.8, 4) is 0 Å². The fraction of sp³-hybridized carbons (Fsp3) is 0.588. The fourth-order valence-electron chi connectivity index (χ4n) is 3.22. The van der Waals surface area contributed by atoms with Gasteiger partial charge in [-0.05, 0) is 43.4 Å². The van der Waals surface area contributed by atoms with Gasteiger partial charge in [-0.15, -0.1) is 0 Å². The highest BCUT2D eigenvalue weighted by Gasteiger charge is 2.30. The molecule has 0 aromatic heterocycles. The van der Waals surface area contributed by atoms with Gasteiger partial charge in [0.1, 0.15) is 0 Å². The van der Waals surface area contributed by atoms with Gasteiger partial charge in [0, 0.05) is 32.2 Å². The van der Waals surface area contributed by atoms with Gasteiger partial charge in [-0.25, -0.2) is 0 Å². The van der Waals surface area contributed by atoms with Crippen LogP contribution in [0.5, 0.6) is 0 Å². The normalized spacial score (nSPS) is 25.8. The van der Waals surface area contributed by atoms with E-state index < -0.39 is 0 Å². The zero-order valence-electron chi connectivity index (χ0n) is 13.8. The minimum atomic E-state index is 0.0157. The van der Waals surface area contributed by atoms with Crippen molar-refractivity contribution in [3.05, 3.63) is 23.8 Å². The molecule has 1 aliphatic rings. The second-order valence-electron chi connectivity index (χ2n) is 6.68. The lowest BCUT2D eigenvalue weighted by Gasteiger charge is -2.43. The van der Waals surface area contributed by atoms with Gasteiger partial charge < -0.3 is 15.5 Å². The summed E-state index contributed by atoms with van der Waals surface area (Å²) in [6.07, 6.45) is 1.24. The van der Waals surface area contributed by atoms with Gasteiger partial charge in [0.2, 0.25) is 0 Å². The van der Waals surface area contributed by atoms with Crippen molar-refractivity contribution in [1.29, 1.82) is 0 Å². The number of hydrogen-bond acceptors (Lipinski definition) is 3. The number of nitrogen functional groups attached to an aromatic ring is 1. The minimum absolute atomic E-state index is 0.0157. The summed E-state index contributed by atoms with van der Waals surface area (Å²) in [4.78, 5) is 16.1. The van der Waals surface area contributed by atoms with Crippen LogP contribution >= 0.6 is 0 Å². The standard InChI is InChI=1S/C17H27N3O/c1-11-8-12(2)13(3)20(10-11)16-9-14(6-7-15(16)18)17(21)19(4)5/h6-7,9,11-13H,8,10,18H2,1-5H3. The van der Waals surface area contributed by atoms with E-state index in [-0.39, 0.29) is 5.91 Å². The summed E-state index contributed by atoms with van der Waals surface area (Å²) in [5.41, 5.74) is 8.62. The SMILES string of the molecule is CC1CC(C)C(C)N(c2cc(C(=O)N(C)C)ccc2N)C1. The first-order valence-corrected chi connectivity index (χ1v) is 7.69. The number of rotatable bonds is 2. The summed E-state index contributed by atoms with van der Waals surface area (Å²) in [5, 5.41) is 0. The lowest BCUT2D eigenvalue weighted by molar-refractivity contribution is 0.0827.